The highest BCUT2D eigenvalue weighted by molar-refractivity contribution is 7.17. The monoisotopic (exact) mass is 237 g/mol. The lowest BCUT2D eigenvalue weighted by molar-refractivity contribution is -0.140. The fourth-order valence-electron chi connectivity index (χ4n) is 1.30. The van der Waals surface area contributed by atoms with Crippen LogP contribution >= 0.6 is 11.3 Å². The van der Waals surface area contributed by atoms with E-state index in [2.05, 4.69) is 20.0 Å². The molecule has 5 nitrogen and oxygen atoms in total. The maximum absolute atomic E-state index is 10.9. The van der Waals surface area contributed by atoms with Crippen molar-refractivity contribution in [3.63, 3.8) is 0 Å². The van der Waals surface area contributed by atoms with Crippen LogP contribution in [-0.4, -0.2) is 29.6 Å². The van der Waals surface area contributed by atoms with Crippen molar-refractivity contribution < 1.29 is 9.53 Å². The summed E-state index contributed by atoms with van der Waals surface area (Å²) in [5, 5.41) is 5.06. The summed E-state index contributed by atoms with van der Waals surface area (Å²) in [5.41, 5.74) is 0.917. The predicted molar refractivity (Wildman–Crippen MR) is 62.5 cm³/mol. The largest absolute Gasteiger partial charge is 0.469 e. The van der Waals surface area contributed by atoms with Crippen molar-refractivity contribution in [1.29, 1.82) is 0 Å². The van der Waals surface area contributed by atoms with Crippen molar-refractivity contribution in [3.05, 3.63) is 17.8 Å². The van der Waals surface area contributed by atoms with Gasteiger partial charge in [0.05, 0.1) is 23.7 Å². The first kappa shape index (κ1) is 10.8. The van der Waals surface area contributed by atoms with Crippen LogP contribution in [0.15, 0.2) is 17.8 Å². The zero-order valence-electron chi connectivity index (χ0n) is 8.77. The Morgan fingerprint density at radius 3 is 3.25 bits per heavy atom. The van der Waals surface area contributed by atoms with Gasteiger partial charge in [-0.2, -0.15) is 0 Å². The smallest absolute Gasteiger partial charge is 0.307 e. The van der Waals surface area contributed by atoms with Crippen molar-refractivity contribution in [2.75, 3.05) is 19.0 Å². The molecule has 0 aromatic carbocycles. The first-order chi connectivity index (χ1) is 7.81. The summed E-state index contributed by atoms with van der Waals surface area (Å²) in [6, 6.07) is 1.94. The average molecular weight is 237 g/mol. The quantitative estimate of drug-likeness (QED) is 0.819. The van der Waals surface area contributed by atoms with Crippen molar-refractivity contribution in [1.82, 2.24) is 9.97 Å². The zero-order chi connectivity index (χ0) is 11.4. The van der Waals surface area contributed by atoms with Crippen LogP contribution in [0.4, 0.5) is 5.82 Å². The molecule has 0 saturated carbocycles. The summed E-state index contributed by atoms with van der Waals surface area (Å²) in [4.78, 5) is 19.2. The third-order valence-electron chi connectivity index (χ3n) is 2.09. The van der Waals surface area contributed by atoms with Crippen LogP contribution in [0, 0.1) is 0 Å². The molecular formula is C10H11N3O2S. The second-order valence-corrected chi connectivity index (χ2v) is 4.03. The van der Waals surface area contributed by atoms with E-state index in [4.69, 9.17) is 0 Å². The van der Waals surface area contributed by atoms with Crippen LogP contribution in [-0.2, 0) is 9.53 Å². The Labute approximate surface area is 96.5 Å². The van der Waals surface area contributed by atoms with Gasteiger partial charge in [0.1, 0.15) is 12.1 Å². The molecule has 0 radical (unpaired) electrons. The molecule has 0 aliphatic heterocycles. The molecule has 0 atom stereocenters. The molecule has 0 aliphatic carbocycles. The third kappa shape index (κ3) is 2.27. The van der Waals surface area contributed by atoms with Gasteiger partial charge in [-0.05, 0) is 11.4 Å². The van der Waals surface area contributed by atoms with Crippen molar-refractivity contribution in [2.45, 2.75) is 6.42 Å². The number of methoxy groups -OCH3 is 1. The molecule has 16 heavy (non-hydrogen) atoms. The van der Waals surface area contributed by atoms with Crippen LogP contribution in [0.5, 0.6) is 0 Å². The number of hydrogen-bond donors (Lipinski definition) is 1. The van der Waals surface area contributed by atoms with E-state index < -0.39 is 0 Å². The minimum absolute atomic E-state index is 0.232. The SMILES string of the molecule is COC(=O)CCNc1ncnc2ccsc12. The summed E-state index contributed by atoms with van der Waals surface area (Å²) in [6.45, 7) is 0.511. The number of anilines is 1. The Hall–Kier alpha value is -1.69. The molecular weight excluding hydrogens is 226 g/mol. The summed E-state index contributed by atoms with van der Waals surface area (Å²) in [7, 11) is 1.38. The van der Waals surface area contributed by atoms with Gasteiger partial charge in [0.15, 0.2) is 0 Å². The molecule has 84 valence electrons. The summed E-state index contributed by atoms with van der Waals surface area (Å²) in [5.74, 6) is 0.535. The van der Waals surface area contributed by atoms with Gasteiger partial charge in [0, 0.05) is 6.54 Å². The summed E-state index contributed by atoms with van der Waals surface area (Å²) >= 11 is 1.57. The molecule has 2 aromatic rings. The molecule has 0 amide bonds. The molecule has 0 bridgehead atoms. The van der Waals surface area contributed by atoms with E-state index in [-0.39, 0.29) is 5.97 Å². The third-order valence-corrected chi connectivity index (χ3v) is 3.00. The highest BCUT2D eigenvalue weighted by Gasteiger charge is 2.05. The topological polar surface area (TPSA) is 64.1 Å². The number of carbonyl (C=O) groups is 1. The molecule has 2 rings (SSSR count). The van der Waals surface area contributed by atoms with Gasteiger partial charge in [-0.3, -0.25) is 4.79 Å². The van der Waals surface area contributed by atoms with Gasteiger partial charge in [0.25, 0.3) is 0 Å². The fraction of sp³-hybridized carbons (Fsp3) is 0.300. The summed E-state index contributed by atoms with van der Waals surface area (Å²) < 4.78 is 5.56. The summed E-state index contributed by atoms with van der Waals surface area (Å²) in [6.07, 6.45) is 1.84. The van der Waals surface area contributed by atoms with Crippen LogP contribution in [0.25, 0.3) is 10.2 Å². The van der Waals surface area contributed by atoms with Crippen molar-refractivity contribution in [2.24, 2.45) is 0 Å². The first-order valence-corrected chi connectivity index (χ1v) is 5.68. The Morgan fingerprint density at radius 1 is 1.56 bits per heavy atom. The van der Waals surface area contributed by atoms with E-state index >= 15 is 0 Å². The van der Waals surface area contributed by atoms with Crippen molar-refractivity contribution in [3.8, 4) is 0 Å². The highest BCUT2D eigenvalue weighted by atomic mass is 32.1. The number of rotatable bonds is 4. The molecule has 2 aromatic heterocycles. The Kier molecular flexibility index (Phi) is 3.31. The van der Waals surface area contributed by atoms with E-state index in [1.807, 2.05) is 11.4 Å². The zero-order valence-corrected chi connectivity index (χ0v) is 9.58. The molecule has 6 heteroatoms. The number of esters is 1. The molecule has 0 spiro atoms. The van der Waals surface area contributed by atoms with Crippen LogP contribution < -0.4 is 5.32 Å². The molecule has 0 aliphatic rings. The normalized spacial score (nSPS) is 10.3. The van der Waals surface area contributed by atoms with Gasteiger partial charge in [-0.25, -0.2) is 9.97 Å². The van der Waals surface area contributed by atoms with Crippen LogP contribution in [0.1, 0.15) is 6.42 Å². The lowest BCUT2D eigenvalue weighted by atomic mass is 10.4. The van der Waals surface area contributed by atoms with E-state index in [0.29, 0.717) is 13.0 Å². The Morgan fingerprint density at radius 2 is 2.44 bits per heavy atom. The second kappa shape index (κ2) is 4.89. The number of hydrogen-bond acceptors (Lipinski definition) is 6. The Balaban J connectivity index is 2.04. The molecule has 0 fully saturated rings. The van der Waals surface area contributed by atoms with Crippen LogP contribution in [0.2, 0.25) is 0 Å². The van der Waals surface area contributed by atoms with Crippen molar-refractivity contribution >= 4 is 33.3 Å². The predicted octanol–water partition coefficient (Wildman–Crippen LogP) is 1.67. The second-order valence-electron chi connectivity index (χ2n) is 3.11. The van der Waals surface area contributed by atoms with E-state index in [9.17, 15) is 4.79 Å². The highest BCUT2D eigenvalue weighted by Crippen LogP contribution is 2.24. The number of ether oxygens (including phenoxy) is 1. The number of fused-ring (bicyclic) bond motifs is 1. The minimum Gasteiger partial charge on any atom is -0.469 e. The molecule has 1 N–H and O–H groups in total. The number of thiophene rings is 1. The van der Waals surface area contributed by atoms with Gasteiger partial charge in [-0.1, -0.05) is 0 Å². The maximum atomic E-state index is 10.9. The van der Waals surface area contributed by atoms with Crippen LogP contribution in [0.3, 0.4) is 0 Å². The standard InChI is InChI=1S/C10H11N3O2S/c1-15-8(14)2-4-11-10-9-7(3-5-16-9)12-6-13-10/h3,5-6H,2,4H2,1H3,(H,11,12,13). The van der Waals surface area contributed by atoms with Gasteiger partial charge in [0.2, 0.25) is 0 Å². The fourth-order valence-corrected chi connectivity index (χ4v) is 2.11. The number of nitrogens with zero attached hydrogens (tertiary/aromatic N) is 2. The van der Waals surface area contributed by atoms with Gasteiger partial charge >= 0.3 is 5.97 Å². The molecule has 2 heterocycles. The number of aromatic nitrogens is 2. The molecule has 0 saturated heterocycles. The number of carbonyl (C=O) groups excluding carboxylic acids is 1. The first-order valence-electron chi connectivity index (χ1n) is 4.80. The lowest BCUT2D eigenvalue weighted by Gasteiger charge is -2.04. The minimum atomic E-state index is -0.232. The van der Waals surface area contributed by atoms with E-state index in [1.165, 1.54) is 13.4 Å². The average Bonchev–Trinajstić information content (AvgIpc) is 2.77. The maximum Gasteiger partial charge on any atom is 0.307 e. The molecule has 0 unspecified atom stereocenters. The van der Waals surface area contributed by atoms with E-state index in [1.54, 1.807) is 11.3 Å². The van der Waals surface area contributed by atoms with Gasteiger partial charge in [-0.15, -0.1) is 11.3 Å². The lowest BCUT2D eigenvalue weighted by Crippen LogP contribution is -2.10. The van der Waals surface area contributed by atoms with E-state index in [0.717, 1.165) is 16.0 Å². The number of nitrogens with one attached hydrogen (secondary N) is 1. The van der Waals surface area contributed by atoms with Gasteiger partial charge < -0.3 is 10.1 Å². The Bertz CT molecular complexity index is 498.